The summed E-state index contributed by atoms with van der Waals surface area (Å²) < 4.78 is 0. The van der Waals surface area contributed by atoms with Gasteiger partial charge in [0.25, 0.3) is 0 Å². The molecule has 0 bridgehead atoms. The third-order valence-electron chi connectivity index (χ3n) is 2.99. The van der Waals surface area contributed by atoms with Gasteiger partial charge in [-0.25, -0.2) is 0 Å². The van der Waals surface area contributed by atoms with Crippen LogP contribution in [0, 0.1) is 0 Å². The van der Waals surface area contributed by atoms with Crippen molar-refractivity contribution >= 4 is 46.1 Å². The number of halogens is 2. The Bertz CT molecular complexity index is 626. The summed E-state index contributed by atoms with van der Waals surface area (Å²) in [4.78, 5) is 0.340. The van der Waals surface area contributed by atoms with Crippen LogP contribution in [0.5, 0.6) is 0 Å². The maximum atomic E-state index is 6.03. The van der Waals surface area contributed by atoms with E-state index in [0.717, 1.165) is 16.8 Å². The Labute approximate surface area is 133 Å². The van der Waals surface area contributed by atoms with E-state index in [1.54, 1.807) is 6.07 Å². The highest BCUT2D eigenvalue weighted by Gasteiger charge is 2.10. The van der Waals surface area contributed by atoms with Gasteiger partial charge in [-0.15, -0.1) is 0 Å². The Kier molecular flexibility index (Phi) is 4.86. The van der Waals surface area contributed by atoms with E-state index in [9.17, 15) is 0 Å². The Morgan fingerprint density at radius 1 is 1.10 bits per heavy atom. The first-order chi connectivity index (χ1) is 9.47. The molecule has 0 radical (unpaired) electrons. The van der Waals surface area contributed by atoms with Crippen molar-refractivity contribution in [3.8, 4) is 0 Å². The Morgan fingerprint density at radius 2 is 1.70 bits per heavy atom. The lowest BCUT2D eigenvalue weighted by Crippen LogP contribution is -2.15. The van der Waals surface area contributed by atoms with Crippen LogP contribution in [0.1, 0.15) is 24.1 Å². The van der Waals surface area contributed by atoms with Gasteiger partial charge in [-0.3, -0.25) is 0 Å². The van der Waals surface area contributed by atoms with Crippen molar-refractivity contribution in [3.63, 3.8) is 0 Å². The van der Waals surface area contributed by atoms with Crippen LogP contribution >= 0.6 is 35.4 Å². The fourth-order valence-electron chi connectivity index (χ4n) is 1.92. The average molecular weight is 325 g/mol. The van der Waals surface area contributed by atoms with Gasteiger partial charge < -0.3 is 11.1 Å². The fraction of sp³-hybridized carbons (Fsp3) is 0.133. The van der Waals surface area contributed by atoms with Crippen LogP contribution in [-0.4, -0.2) is 4.99 Å². The van der Waals surface area contributed by atoms with Crippen molar-refractivity contribution in [1.82, 2.24) is 0 Å². The smallest absolute Gasteiger partial charge is 0.106 e. The number of hydrogen-bond donors (Lipinski definition) is 2. The molecule has 2 nitrogen and oxygen atoms in total. The molecule has 2 rings (SSSR count). The van der Waals surface area contributed by atoms with Crippen LogP contribution in [0.4, 0.5) is 5.69 Å². The largest absolute Gasteiger partial charge is 0.389 e. The van der Waals surface area contributed by atoms with Gasteiger partial charge in [0.2, 0.25) is 0 Å². The highest BCUT2D eigenvalue weighted by Crippen LogP contribution is 2.26. The molecule has 104 valence electrons. The molecule has 0 aliphatic heterocycles. The minimum Gasteiger partial charge on any atom is -0.389 e. The summed E-state index contributed by atoms with van der Waals surface area (Å²) in [5, 5.41) is 4.72. The third kappa shape index (κ3) is 3.63. The van der Waals surface area contributed by atoms with Gasteiger partial charge in [0.1, 0.15) is 4.99 Å². The molecule has 2 aromatic rings. The molecule has 0 aliphatic rings. The summed E-state index contributed by atoms with van der Waals surface area (Å²) in [5.41, 5.74) is 8.45. The predicted octanol–water partition coefficient (Wildman–Crippen LogP) is 4.80. The number of nitrogens with two attached hydrogens (primary N) is 1. The first kappa shape index (κ1) is 15.1. The minimum atomic E-state index is 0.0823. The van der Waals surface area contributed by atoms with Gasteiger partial charge in [-0.2, -0.15) is 0 Å². The van der Waals surface area contributed by atoms with Gasteiger partial charge in [-0.1, -0.05) is 47.6 Å². The van der Waals surface area contributed by atoms with Gasteiger partial charge in [0.15, 0.2) is 0 Å². The van der Waals surface area contributed by atoms with E-state index in [4.69, 9.17) is 41.2 Å². The second-order valence-electron chi connectivity index (χ2n) is 4.47. The van der Waals surface area contributed by atoms with E-state index in [0.29, 0.717) is 15.0 Å². The van der Waals surface area contributed by atoms with Crippen LogP contribution in [0.25, 0.3) is 0 Å². The van der Waals surface area contributed by atoms with Crippen molar-refractivity contribution in [2.45, 2.75) is 13.0 Å². The van der Waals surface area contributed by atoms with Crippen LogP contribution < -0.4 is 11.1 Å². The second kappa shape index (κ2) is 6.44. The zero-order valence-electron chi connectivity index (χ0n) is 10.9. The lowest BCUT2D eigenvalue weighted by atomic mass is 10.1. The molecule has 0 fully saturated rings. The first-order valence-electron chi connectivity index (χ1n) is 6.08. The van der Waals surface area contributed by atoms with Crippen LogP contribution in [0.2, 0.25) is 10.0 Å². The molecule has 0 amide bonds. The van der Waals surface area contributed by atoms with E-state index < -0.39 is 0 Å². The molecule has 0 saturated heterocycles. The molecule has 5 heteroatoms. The maximum absolute atomic E-state index is 6.03. The Hall–Kier alpha value is -1.29. The monoisotopic (exact) mass is 324 g/mol. The number of anilines is 1. The quantitative estimate of drug-likeness (QED) is 0.793. The molecule has 0 aromatic heterocycles. The van der Waals surface area contributed by atoms with Crippen LogP contribution in [0.3, 0.4) is 0 Å². The minimum absolute atomic E-state index is 0.0823. The van der Waals surface area contributed by atoms with E-state index >= 15 is 0 Å². The molecular formula is C15H14Cl2N2S. The molecule has 0 saturated carbocycles. The SMILES string of the molecule is CC(Nc1cc(Cl)ccc1C(N)=S)c1ccc(Cl)cc1. The average Bonchev–Trinajstić information content (AvgIpc) is 2.39. The summed E-state index contributed by atoms with van der Waals surface area (Å²) in [6, 6.07) is 13.2. The summed E-state index contributed by atoms with van der Waals surface area (Å²) in [5.74, 6) is 0. The normalized spacial score (nSPS) is 11.9. The summed E-state index contributed by atoms with van der Waals surface area (Å²) >= 11 is 17.0. The van der Waals surface area contributed by atoms with E-state index in [-0.39, 0.29) is 6.04 Å². The zero-order chi connectivity index (χ0) is 14.7. The number of benzene rings is 2. The van der Waals surface area contributed by atoms with E-state index in [1.807, 2.05) is 43.3 Å². The van der Waals surface area contributed by atoms with Gasteiger partial charge >= 0.3 is 0 Å². The Morgan fingerprint density at radius 3 is 2.30 bits per heavy atom. The number of rotatable bonds is 4. The molecule has 1 atom stereocenters. The van der Waals surface area contributed by atoms with Crippen molar-refractivity contribution in [3.05, 3.63) is 63.6 Å². The Balaban J connectivity index is 2.27. The van der Waals surface area contributed by atoms with Gasteiger partial charge in [-0.05, 0) is 42.8 Å². The van der Waals surface area contributed by atoms with Crippen molar-refractivity contribution in [2.24, 2.45) is 5.73 Å². The molecule has 2 aromatic carbocycles. The highest BCUT2D eigenvalue weighted by molar-refractivity contribution is 7.80. The van der Waals surface area contributed by atoms with Crippen molar-refractivity contribution in [1.29, 1.82) is 0 Å². The third-order valence-corrected chi connectivity index (χ3v) is 3.70. The van der Waals surface area contributed by atoms with Crippen molar-refractivity contribution in [2.75, 3.05) is 5.32 Å². The molecule has 3 N–H and O–H groups in total. The fourth-order valence-corrected chi connectivity index (χ4v) is 2.39. The summed E-state index contributed by atoms with van der Waals surface area (Å²) in [7, 11) is 0. The molecular weight excluding hydrogens is 311 g/mol. The summed E-state index contributed by atoms with van der Waals surface area (Å²) in [6.07, 6.45) is 0. The molecule has 20 heavy (non-hydrogen) atoms. The first-order valence-corrected chi connectivity index (χ1v) is 7.25. The summed E-state index contributed by atoms with van der Waals surface area (Å²) in [6.45, 7) is 2.05. The highest BCUT2D eigenvalue weighted by atomic mass is 35.5. The van der Waals surface area contributed by atoms with Crippen molar-refractivity contribution < 1.29 is 0 Å². The van der Waals surface area contributed by atoms with Gasteiger partial charge in [0.05, 0.1) is 0 Å². The second-order valence-corrected chi connectivity index (χ2v) is 5.78. The standard InChI is InChI=1S/C15H14Cl2N2S/c1-9(10-2-4-11(16)5-3-10)19-14-8-12(17)6-7-13(14)15(18)20/h2-9,19H,1H3,(H2,18,20). The number of thiocarbonyl (C=S) groups is 1. The van der Waals surface area contributed by atoms with E-state index in [2.05, 4.69) is 5.32 Å². The van der Waals surface area contributed by atoms with Crippen LogP contribution in [0.15, 0.2) is 42.5 Å². The molecule has 1 unspecified atom stereocenters. The van der Waals surface area contributed by atoms with Crippen LogP contribution in [-0.2, 0) is 0 Å². The molecule has 0 spiro atoms. The lowest BCUT2D eigenvalue weighted by Gasteiger charge is -2.18. The number of hydrogen-bond acceptors (Lipinski definition) is 2. The number of nitrogens with one attached hydrogen (secondary N) is 1. The van der Waals surface area contributed by atoms with E-state index in [1.165, 1.54) is 0 Å². The predicted molar refractivity (Wildman–Crippen MR) is 90.8 cm³/mol. The molecule has 0 heterocycles. The topological polar surface area (TPSA) is 38.0 Å². The van der Waals surface area contributed by atoms with Gasteiger partial charge in [0, 0.05) is 27.3 Å². The molecule has 0 aliphatic carbocycles. The lowest BCUT2D eigenvalue weighted by molar-refractivity contribution is 0.884. The maximum Gasteiger partial charge on any atom is 0.106 e. The zero-order valence-corrected chi connectivity index (χ0v) is 13.2.